The van der Waals surface area contributed by atoms with Crippen molar-refractivity contribution >= 4 is 5.69 Å². The van der Waals surface area contributed by atoms with Gasteiger partial charge in [0.05, 0.1) is 6.10 Å². The second kappa shape index (κ2) is 9.07. The molecule has 0 spiro atoms. The Bertz CT molecular complexity index is 783. The fourth-order valence-corrected chi connectivity index (χ4v) is 2.66. The molecule has 3 nitrogen and oxygen atoms in total. The van der Waals surface area contributed by atoms with E-state index < -0.39 is 0 Å². The highest BCUT2D eigenvalue weighted by molar-refractivity contribution is 5.47. The molecule has 3 rings (SSSR count). The molecule has 1 unspecified atom stereocenters. The van der Waals surface area contributed by atoms with E-state index in [0.717, 1.165) is 18.0 Å². The molecule has 1 atom stereocenters. The Morgan fingerprint density at radius 2 is 1.50 bits per heavy atom. The van der Waals surface area contributed by atoms with Crippen LogP contribution < -0.4 is 10.1 Å². The zero-order valence-corrected chi connectivity index (χ0v) is 15.3. The van der Waals surface area contributed by atoms with Crippen LogP contribution in [0, 0.1) is 0 Å². The summed E-state index contributed by atoms with van der Waals surface area (Å²) in [5.41, 5.74) is 4.67. The van der Waals surface area contributed by atoms with E-state index in [2.05, 4.69) is 48.6 Å². The fraction of sp³-hybridized carbons (Fsp3) is 0.217. The van der Waals surface area contributed by atoms with E-state index in [4.69, 9.17) is 9.47 Å². The lowest BCUT2D eigenvalue weighted by Crippen LogP contribution is -2.01. The van der Waals surface area contributed by atoms with Gasteiger partial charge < -0.3 is 14.8 Å². The van der Waals surface area contributed by atoms with Crippen LogP contribution in [0.1, 0.15) is 29.7 Å². The third-order valence-corrected chi connectivity index (χ3v) is 4.40. The van der Waals surface area contributed by atoms with E-state index in [0.29, 0.717) is 6.61 Å². The largest absolute Gasteiger partial charge is 0.489 e. The van der Waals surface area contributed by atoms with E-state index in [9.17, 15) is 0 Å². The quantitative estimate of drug-likeness (QED) is 0.576. The van der Waals surface area contributed by atoms with Gasteiger partial charge in [0.15, 0.2) is 0 Å². The minimum absolute atomic E-state index is 0.125. The third kappa shape index (κ3) is 5.11. The third-order valence-electron chi connectivity index (χ3n) is 4.40. The standard InChI is InChI=1S/C23H25NO2/c1-18(25-2)21-10-8-19(9-11-21)16-24-22-12-14-23(15-13-22)26-17-20-6-4-3-5-7-20/h3-15,18,24H,16-17H2,1-2H3. The van der Waals surface area contributed by atoms with Gasteiger partial charge in [0.25, 0.3) is 0 Å². The number of methoxy groups -OCH3 is 1. The van der Waals surface area contributed by atoms with Crippen molar-refractivity contribution < 1.29 is 9.47 Å². The van der Waals surface area contributed by atoms with Crippen LogP contribution in [0.15, 0.2) is 78.9 Å². The van der Waals surface area contributed by atoms with Crippen molar-refractivity contribution in [3.05, 3.63) is 95.6 Å². The summed E-state index contributed by atoms with van der Waals surface area (Å²) in [5.74, 6) is 0.873. The molecule has 0 aliphatic carbocycles. The average molecular weight is 347 g/mol. The highest BCUT2D eigenvalue weighted by atomic mass is 16.5. The molecule has 0 aliphatic rings. The number of anilines is 1. The molecule has 0 fully saturated rings. The Morgan fingerprint density at radius 1 is 0.808 bits per heavy atom. The van der Waals surface area contributed by atoms with Gasteiger partial charge >= 0.3 is 0 Å². The number of hydrogen-bond acceptors (Lipinski definition) is 3. The summed E-state index contributed by atoms with van der Waals surface area (Å²) in [5, 5.41) is 3.44. The summed E-state index contributed by atoms with van der Waals surface area (Å²) in [6.07, 6.45) is 0.125. The molecule has 3 heteroatoms. The lowest BCUT2D eigenvalue weighted by atomic mass is 10.1. The number of ether oxygens (including phenoxy) is 2. The Labute approximate surface area is 155 Å². The van der Waals surface area contributed by atoms with Crippen molar-refractivity contribution in [2.45, 2.75) is 26.2 Å². The summed E-state index contributed by atoms with van der Waals surface area (Å²) in [6, 6.07) is 26.8. The van der Waals surface area contributed by atoms with Gasteiger partial charge in [-0.25, -0.2) is 0 Å². The molecule has 0 saturated heterocycles. The van der Waals surface area contributed by atoms with Crippen LogP contribution in [-0.4, -0.2) is 7.11 Å². The fourth-order valence-electron chi connectivity index (χ4n) is 2.66. The minimum Gasteiger partial charge on any atom is -0.489 e. The monoisotopic (exact) mass is 347 g/mol. The topological polar surface area (TPSA) is 30.5 Å². The molecular weight excluding hydrogens is 322 g/mol. The molecule has 0 heterocycles. The van der Waals surface area contributed by atoms with Crippen LogP contribution in [0.2, 0.25) is 0 Å². The van der Waals surface area contributed by atoms with Gasteiger partial charge in [-0.1, -0.05) is 54.6 Å². The molecule has 0 amide bonds. The van der Waals surface area contributed by atoms with E-state index >= 15 is 0 Å². The smallest absolute Gasteiger partial charge is 0.119 e. The van der Waals surface area contributed by atoms with Gasteiger partial charge in [0, 0.05) is 19.3 Å². The molecule has 26 heavy (non-hydrogen) atoms. The van der Waals surface area contributed by atoms with Gasteiger partial charge in [-0.2, -0.15) is 0 Å². The molecule has 1 N–H and O–H groups in total. The zero-order chi connectivity index (χ0) is 18.2. The summed E-state index contributed by atoms with van der Waals surface area (Å²) >= 11 is 0. The maximum Gasteiger partial charge on any atom is 0.119 e. The predicted molar refractivity (Wildman–Crippen MR) is 106 cm³/mol. The zero-order valence-electron chi connectivity index (χ0n) is 15.3. The Morgan fingerprint density at radius 3 is 2.15 bits per heavy atom. The van der Waals surface area contributed by atoms with Crippen molar-refractivity contribution in [2.75, 3.05) is 12.4 Å². The minimum atomic E-state index is 0.125. The summed E-state index contributed by atoms with van der Waals surface area (Å²) < 4.78 is 11.2. The molecule has 0 saturated carbocycles. The second-order valence-corrected chi connectivity index (χ2v) is 6.27. The van der Waals surface area contributed by atoms with E-state index in [1.165, 1.54) is 16.7 Å². The first-order valence-electron chi connectivity index (χ1n) is 8.87. The van der Waals surface area contributed by atoms with Crippen LogP contribution in [0.25, 0.3) is 0 Å². The summed E-state index contributed by atoms with van der Waals surface area (Å²) in [7, 11) is 1.73. The van der Waals surface area contributed by atoms with Gasteiger partial charge in [0.1, 0.15) is 12.4 Å². The highest BCUT2D eigenvalue weighted by Crippen LogP contribution is 2.19. The predicted octanol–water partition coefficient (Wildman–Crippen LogP) is 5.59. The maximum atomic E-state index is 5.82. The van der Waals surface area contributed by atoms with Crippen LogP contribution in [0.4, 0.5) is 5.69 Å². The van der Waals surface area contributed by atoms with Crippen LogP contribution in [0.3, 0.4) is 0 Å². The lowest BCUT2D eigenvalue weighted by molar-refractivity contribution is 0.119. The van der Waals surface area contributed by atoms with Gasteiger partial charge in [-0.3, -0.25) is 0 Å². The highest BCUT2D eigenvalue weighted by Gasteiger charge is 2.03. The van der Waals surface area contributed by atoms with Crippen molar-refractivity contribution in [1.29, 1.82) is 0 Å². The normalized spacial score (nSPS) is 11.8. The maximum absolute atomic E-state index is 5.82. The first kappa shape index (κ1) is 18.0. The number of hydrogen-bond donors (Lipinski definition) is 1. The second-order valence-electron chi connectivity index (χ2n) is 6.27. The molecule has 0 aliphatic heterocycles. The molecular formula is C23H25NO2. The van der Waals surface area contributed by atoms with Gasteiger partial charge in [-0.05, 0) is 47.9 Å². The first-order chi connectivity index (χ1) is 12.7. The van der Waals surface area contributed by atoms with Gasteiger partial charge in [0.2, 0.25) is 0 Å². The Hall–Kier alpha value is -2.78. The summed E-state index contributed by atoms with van der Waals surface area (Å²) in [4.78, 5) is 0. The number of nitrogens with one attached hydrogen (secondary N) is 1. The summed E-state index contributed by atoms with van der Waals surface area (Å²) in [6.45, 7) is 3.42. The molecule has 0 radical (unpaired) electrons. The number of benzene rings is 3. The van der Waals surface area contributed by atoms with Crippen LogP contribution in [0.5, 0.6) is 5.75 Å². The molecule has 0 aromatic heterocycles. The van der Waals surface area contributed by atoms with E-state index in [1.54, 1.807) is 7.11 Å². The van der Waals surface area contributed by atoms with E-state index in [-0.39, 0.29) is 6.10 Å². The van der Waals surface area contributed by atoms with Crippen molar-refractivity contribution in [2.24, 2.45) is 0 Å². The van der Waals surface area contributed by atoms with Gasteiger partial charge in [-0.15, -0.1) is 0 Å². The Kier molecular flexibility index (Phi) is 6.29. The van der Waals surface area contributed by atoms with Crippen molar-refractivity contribution in [1.82, 2.24) is 0 Å². The van der Waals surface area contributed by atoms with Crippen LogP contribution in [-0.2, 0) is 17.9 Å². The van der Waals surface area contributed by atoms with Crippen molar-refractivity contribution in [3.8, 4) is 5.75 Å². The number of rotatable bonds is 8. The first-order valence-corrected chi connectivity index (χ1v) is 8.87. The molecule has 134 valence electrons. The van der Waals surface area contributed by atoms with E-state index in [1.807, 2.05) is 42.5 Å². The Balaban J connectivity index is 1.49. The molecule has 3 aromatic rings. The van der Waals surface area contributed by atoms with Crippen LogP contribution >= 0.6 is 0 Å². The average Bonchev–Trinajstić information content (AvgIpc) is 2.72. The molecule has 0 bridgehead atoms. The molecule has 3 aromatic carbocycles. The lowest BCUT2D eigenvalue weighted by Gasteiger charge is -2.12. The van der Waals surface area contributed by atoms with Crippen molar-refractivity contribution in [3.63, 3.8) is 0 Å². The SMILES string of the molecule is COC(C)c1ccc(CNc2ccc(OCc3ccccc3)cc2)cc1.